The van der Waals surface area contributed by atoms with Gasteiger partial charge >= 0.3 is 6.09 Å². The van der Waals surface area contributed by atoms with Gasteiger partial charge in [0.25, 0.3) is 6.01 Å². The van der Waals surface area contributed by atoms with Crippen LogP contribution in [0.25, 0.3) is 0 Å². The summed E-state index contributed by atoms with van der Waals surface area (Å²) in [6.07, 6.45) is 1.02. The zero-order chi connectivity index (χ0) is 13.9. The first-order chi connectivity index (χ1) is 8.19. The summed E-state index contributed by atoms with van der Waals surface area (Å²) >= 11 is 0. The van der Waals surface area contributed by atoms with Crippen molar-refractivity contribution < 1.29 is 13.9 Å². The number of carbonyl (C=O) groups excluding carboxylic acids is 1. The Morgan fingerprint density at radius 2 is 2.11 bits per heavy atom. The Morgan fingerprint density at radius 1 is 1.50 bits per heavy atom. The quantitative estimate of drug-likeness (QED) is 0.865. The highest BCUT2D eigenvalue weighted by atomic mass is 16.6. The lowest BCUT2D eigenvalue weighted by Gasteiger charge is -2.24. The van der Waals surface area contributed by atoms with E-state index in [-0.39, 0.29) is 18.0 Å². The molecular weight excluding hydrogens is 234 g/mol. The maximum atomic E-state index is 11.7. The van der Waals surface area contributed by atoms with E-state index in [1.807, 2.05) is 34.6 Å². The number of nitrogens with zero attached hydrogens (tertiary/aromatic N) is 1. The number of nitrogens with two attached hydrogens (primary N) is 1. The van der Waals surface area contributed by atoms with Crippen molar-refractivity contribution in [2.24, 2.45) is 5.92 Å². The molecule has 0 aliphatic carbocycles. The third-order valence-electron chi connectivity index (χ3n) is 2.19. The van der Waals surface area contributed by atoms with Crippen LogP contribution in [0.4, 0.5) is 10.8 Å². The second-order valence-corrected chi connectivity index (χ2v) is 5.47. The summed E-state index contributed by atoms with van der Waals surface area (Å²) in [6.45, 7) is 9.34. The second-order valence-electron chi connectivity index (χ2n) is 5.47. The van der Waals surface area contributed by atoms with Gasteiger partial charge in [0.05, 0.1) is 12.2 Å². The molecule has 0 aliphatic heterocycles. The first-order valence-electron chi connectivity index (χ1n) is 5.90. The van der Waals surface area contributed by atoms with E-state index in [0.717, 1.165) is 0 Å². The molecule has 1 amide bonds. The number of nitrogens with one attached hydrogen (secondary N) is 1. The van der Waals surface area contributed by atoms with Gasteiger partial charge in [0, 0.05) is 0 Å². The molecule has 102 valence electrons. The van der Waals surface area contributed by atoms with Gasteiger partial charge in [-0.3, -0.25) is 0 Å². The number of anilines is 1. The van der Waals surface area contributed by atoms with E-state index < -0.39 is 11.7 Å². The molecule has 0 radical (unpaired) electrons. The molecule has 0 aliphatic rings. The molecule has 0 saturated carbocycles. The minimum Gasteiger partial charge on any atom is -0.444 e. The molecule has 0 spiro atoms. The number of aromatic nitrogens is 1. The van der Waals surface area contributed by atoms with Crippen LogP contribution in [0.5, 0.6) is 0 Å². The fourth-order valence-corrected chi connectivity index (χ4v) is 1.45. The minimum atomic E-state index is -0.536. The molecule has 1 rings (SSSR count). The van der Waals surface area contributed by atoms with Crippen LogP contribution in [0.15, 0.2) is 10.6 Å². The van der Waals surface area contributed by atoms with Crippen molar-refractivity contribution in [2.45, 2.75) is 46.3 Å². The monoisotopic (exact) mass is 255 g/mol. The van der Waals surface area contributed by atoms with Crippen LogP contribution in [-0.2, 0) is 4.74 Å². The standard InChI is InChI=1S/C12H21N3O3/c1-7(2)9(8-6-14-10(13)17-8)15-11(16)18-12(3,4)5/h6-7,9H,1-5H3,(H2,13,14)(H,15,16). The average molecular weight is 255 g/mol. The number of alkyl carbamates (subject to hydrolysis) is 1. The molecule has 0 fully saturated rings. The Morgan fingerprint density at radius 3 is 2.50 bits per heavy atom. The maximum Gasteiger partial charge on any atom is 0.408 e. The molecule has 1 atom stereocenters. The number of carbonyl (C=O) groups is 1. The smallest absolute Gasteiger partial charge is 0.408 e. The Bertz CT molecular complexity index is 407. The normalized spacial score (nSPS) is 13.4. The summed E-state index contributed by atoms with van der Waals surface area (Å²) < 4.78 is 10.4. The number of hydrogen-bond donors (Lipinski definition) is 2. The molecular formula is C12H21N3O3. The third kappa shape index (κ3) is 4.27. The molecule has 6 heteroatoms. The van der Waals surface area contributed by atoms with Gasteiger partial charge in [0.2, 0.25) is 0 Å². The number of hydrogen-bond acceptors (Lipinski definition) is 5. The molecule has 0 bridgehead atoms. The van der Waals surface area contributed by atoms with Gasteiger partial charge in [-0.05, 0) is 26.7 Å². The van der Waals surface area contributed by atoms with Gasteiger partial charge in [-0.2, -0.15) is 0 Å². The Hall–Kier alpha value is -1.72. The molecule has 1 unspecified atom stereocenters. The third-order valence-corrected chi connectivity index (χ3v) is 2.19. The van der Waals surface area contributed by atoms with Crippen LogP contribution < -0.4 is 11.1 Å². The average Bonchev–Trinajstić information content (AvgIpc) is 2.57. The van der Waals surface area contributed by atoms with Gasteiger partial charge in [0.1, 0.15) is 11.4 Å². The Balaban J connectivity index is 2.73. The molecule has 1 aromatic rings. The predicted octanol–water partition coefficient (Wildman–Crippen LogP) is 2.48. The van der Waals surface area contributed by atoms with E-state index >= 15 is 0 Å². The first kappa shape index (κ1) is 14.3. The topological polar surface area (TPSA) is 90.4 Å². The fourth-order valence-electron chi connectivity index (χ4n) is 1.45. The highest BCUT2D eigenvalue weighted by molar-refractivity contribution is 5.68. The molecule has 18 heavy (non-hydrogen) atoms. The van der Waals surface area contributed by atoms with Crippen molar-refractivity contribution in [1.82, 2.24) is 10.3 Å². The number of rotatable bonds is 3. The van der Waals surface area contributed by atoms with E-state index in [4.69, 9.17) is 14.9 Å². The van der Waals surface area contributed by atoms with Crippen LogP contribution in [-0.4, -0.2) is 16.7 Å². The van der Waals surface area contributed by atoms with Crippen molar-refractivity contribution >= 4 is 12.1 Å². The first-order valence-corrected chi connectivity index (χ1v) is 5.90. The van der Waals surface area contributed by atoms with E-state index in [1.165, 1.54) is 6.20 Å². The molecule has 1 heterocycles. The summed E-state index contributed by atoms with van der Waals surface area (Å²) in [5.74, 6) is 0.651. The maximum absolute atomic E-state index is 11.7. The number of nitrogen functional groups attached to an aromatic ring is 1. The van der Waals surface area contributed by atoms with Crippen LogP contribution >= 0.6 is 0 Å². The summed E-state index contributed by atoms with van der Waals surface area (Å²) in [7, 11) is 0. The summed E-state index contributed by atoms with van der Waals surface area (Å²) in [5, 5.41) is 2.75. The lowest BCUT2D eigenvalue weighted by molar-refractivity contribution is 0.0481. The Kier molecular flexibility index (Phi) is 4.21. The second kappa shape index (κ2) is 5.29. The molecule has 0 saturated heterocycles. The minimum absolute atomic E-state index is 0.0849. The highest BCUT2D eigenvalue weighted by Crippen LogP contribution is 2.23. The molecule has 1 aromatic heterocycles. The van der Waals surface area contributed by atoms with Crippen LogP contribution in [0.2, 0.25) is 0 Å². The summed E-state index contributed by atoms with van der Waals surface area (Å²) in [4.78, 5) is 15.5. The van der Waals surface area contributed by atoms with Gasteiger partial charge in [-0.15, -0.1) is 0 Å². The fraction of sp³-hybridized carbons (Fsp3) is 0.667. The van der Waals surface area contributed by atoms with Gasteiger partial charge < -0.3 is 20.2 Å². The summed E-state index contributed by atoms with van der Waals surface area (Å²) in [6, 6.07) is -0.230. The zero-order valence-electron chi connectivity index (χ0n) is 11.5. The molecule has 0 aromatic carbocycles. The van der Waals surface area contributed by atoms with Crippen molar-refractivity contribution in [3.63, 3.8) is 0 Å². The number of oxazole rings is 1. The van der Waals surface area contributed by atoms with Crippen LogP contribution in [0, 0.1) is 5.92 Å². The van der Waals surface area contributed by atoms with Gasteiger partial charge in [0.15, 0.2) is 0 Å². The number of ether oxygens (including phenoxy) is 1. The summed E-state index contributed by atoms with van der Waals surface area (Å²) in [5.41, 5.74) is 4.89. The molecule has 3 N–H and O–H groups in total. The van der Waals surface area contributed by atoms with E-state index in [9.17, 15) is 4.79 Å². The lowest BCUT2D eigenvalue weighted by atomic mass is 10.0. The molecule has 6 nitrogen and oxygen atoms in total. The van der Waals surface area contributed by atoms with Crippen molar-refractivity contribution in [3.8, 4) is 0 Å². The SMILES string of the molecule is CC(C)C(NC(=O)OC(C)(C)C)c1cnc(N)o1. The zero-order valence-corrected chi connectivity index (χ0v) is 11.5. The highest BCUT2D eigenvalue weighted by Gasteiger charge is 2.25. The Labute approximate surface area is 107 Å². The van der Waals surface area contributed by atoms with Gasteiger partial charge in [-0.25, -0.2) is 9.78 Å². The lowest BCUT2D eigenvalue weighted by Crippen LogP contribution is -2.36. The van der Waals surface area contributed by atoms with Gasteiger partial charge in [-0.1, -0.05) is 13.8 Å². The van der Waals surface area contributed by atoms with Crippen molar-refractivity contribution in [3.05, 3.63) is 12.0 Å². The van der Waals surface area contributed by atoms with Crippen LogP contribution in [0.3, 0.4) is 0 Å². The van der Waals surface area contributed by atoms with E-state index in [1.54, 1.807) is 0 Å². The predicted molar refractivity (Wildman–Crippen MR) is 67.9 cm³/mol. The van der Waals surface area contributed by atoms with E-state index in [0.29, 0.717) is 5.76 Å². The largest absolute Gasteiger partial charge is 0.444 e. The van der Waals surface area contributed by atoms with Crippen LogP contribution in [0.1, 0.15) is 46.4 Å². The van der Waals surface area contributed by atoms with Crippen molar-refractivity contribution in [2.75, 3.05) is 5.73 Å². The van der Waals surface area contributed by atoms with E-state index in [2.05, 4.69) is 10.3 Å². The van der Waals surface area contributed by atoms with Crippen molar-refractivity contribution in [1.29, 1.82) is 0 Å². The number of amides is 1.